The lowest BCUT2D eigenvalue weighted by atomic mass is 10.2. The van der Waals surface area contributed by atoms with E-state index in [4.69, 9.17) is 0 Å². The van der Waals surface area contributed by atoms with Crippen molar-refractivity contribution < 1.29 is 13.2 Å². The van der Waals surface area contributed by atoms with Gasteiger partial charge in [0.2, 0.25) is 10.0 Å². The van der Waals surface area contributed by atoms with Gasteiger partial charge in [0.25, 0.3) is 0 Å². The summed E-state index contributed by atoms with van der Waals surface area (Å²) in [6.07, 6.45) is 0. The molecule has 1 aliphatic rings. The third kappa shape index (κ3) is 4.23. The molecule has 0 radical (unpaired) electrons. The lowest BCUT2D eigenvalue weighted by Gasteiger charge is -2.34. The molecule has 2 aromatic carbocycles. The summed E-state index contributed by atoms with van der Waals surface area (Å²) in [7, 11) is -3.51. The molecule has 26 heavy (non-hydrogen) atoms. The molecule has 2 amide bonds. The number of carbonyl (C=O) groups is 1. The van der Waals surface area contributed by atoms with Crippen molar-refractivity contribution in [2.24, 2.45) is 0 Å². The summed E-state index contributed by atoms with van der Waals surface area (Å²) in [6, 6.07) is 16.4. The Morgan fingerprint density at radius 2 is 1.58 bits per heavy atom. The molecule has 0 bridgehead atoms. The minimum absolute atomic E-state index is 0.166. The molecule has 1 N–H and O–H groups in total. The fraction of sp³-hybridized carbons (Fsp3) is 0.316. The van der Waals surface area contributed by atoms with Gasteiger partial charge in [0, 0.05) is 32.7 Å². The molecule has 3 rings (SSSR count). The van der Waals surface area contributed by atoms with Crippen molar-refractivity contribution in [3.05, 3.63) is 65.7 Å². The van der Waals surface area contributed by atoms with Crippen molar-refractivity contribution >= 4 is 16.1 Å². The number of urea groups is 1. The Morgan fingerprint density at radius 1 is 0.962 bits per heavy atom. The van der Waals surface area contributed by atoms with Crippen molar-refractivity contribution in [3.63, 3.8) is 0 Å². The van der Waals surface area contributed by atoms with E-state index < -0.39 is 10.0 Å². The number of aryl methyl sites for hydroxylation is 1. The lowest BCUT2D eigenvalue weighted by molar-refractivity contribution is 0.172. The predicted octanol–water partition coefficient (Wildman–Crippen LogP) is 2.21. The minimum Gasteiger partial charge on any atom is -0.334 e. The molecule has 7 heteroatoms. The molecular formula is C19H23N3O3S. The highest BCUT2D eigenvalue weighted by atomic mass is 32.2. The molecule has 1 heterocycles. The van der Waals surface area contributed by atoms with Crippen LogP contribution in [0.25, 0.3) is 0 Å². The summed E-state index contributed by atoms with van der Waals surface area (Å²) < 4.78 is 26.8. The molecule has 1 saturated heterocycles. The van der Waals surface area contributed by atoms with Gasteiger partial charge in [-0.3, -0.25) is 0 Å². The summed E-state index contributed by atoms with van der Waals surface area (Å²) in [6.45, 7) is 3.74. The summed E-state index contributed by atoms with van der Waals surface area (Å²) in [5.74, 6) is 0. The fourth-order valence-corrected chi connectivity index (χ4v) is 4.30. The number of hydrogen-bond acceptors (Lipinski definition) is 3. The lowest BCUT2D eigenvalue weighted by Crippen LogP contribution is -2.52. The molecule has 0 aliphatic carbocycles. The standard InChI is InChI=1S/C19H23N3O3S/c1-16-7-9-18(10-8-16)26(24,25)22-13-11-21(12-14-22)19(23)20-15-17-5-3-2-4-6-17/h2-10H,11-15H2,1H3,(H,20,23). The van der Waals surface area contributed by atoms with E-state index in [0.29, 0.717) is 37.6 Å². The molecule has 0 aromatic heterocycles. The largest absolute Gasteiger partial charge is 0.334 e. The molecule has 1 aliphatic heterocycles. The van der Waals surface area contributed by atoms with E-state index >= 15 is 0 Å². The Kier molecular flexibility index (Phi) is 5.58. The minimum atomic E-state index is -3.51. The molecule has 0 atom stereocenters. The van der Waals surface area contributed by atoms with Crippen LogP contribution in [0, 0.1) is 6.92 Å². The van der Waals surface area contributed by atoms with Crippen LogP contribution in [-0.4, -0.2) is 49.8 Å². The summed E-state index contributed by atoms with van der Waals surface area (Å²) >= 11 is 0. The van der Waals surface area contributed by atoms with Gasteiger partial charge in [-0.25, -0.2) is 13.2 Å². The molecule has 2 aromatic rings. The first-order chi connectivity index (χ1) is 12.5. The van der Waals surface area contributed by atoms with Gasteiger partial charge in [0.15, 0.2) is 0 Å². The zero-order chi connectivity index (χ0) is 18.6. The zero-order valence-electron chi connectivity index (χ0n) is 14.8. The number of benzene rings is 2. The highest BCUT2D eigenvalue weighted by Gasteiger charge is 2.29. The van der Waals surface area contributed by atoms with Crippen LogP contribution >= 0.6 is 0 Å². The van der Waals surface area contributed by atoms with Gasteiger partial charge in [0.1, 0.15) is 0 Å². The van der Waals surface area contributed by atoms with E-state index in [1.54, 1.807) is 29.2 Å². The van der Waals surface area contributed by atoms with Crippen LogP contribution < -0.4 is 5.32 Å². The average molecular weight is 373 g/mol. The van der Waals surface area contributed by atoms with Gasteiger partial charge in [0.05, 0.1) is 4.90 Å². The van der Waals surface area contributed by atoms with Gasteiger partial charge >= 0.3 is 6.03 Å². The normalized spacial score (nSPS) is 15.7. The van der Waals surface area contributed by atoms with Crippen LogP contribution in [-0.2, 0) is 16.6 Å². The number of amides is 2. The molecule has 0 unspecified atom stereocenters. The predicted molar refractivity (Wildman–Crippen MR) is 100 cm³/mol. The quantitative estimate of drug-likeness (QED) is 0.893. The Bertz CT molecular complexity index is 843. The van der Waals surface area contributed by atoms with Crippen molar-refractivity contribution in [3.8, 4) is 0 Å². The maximum Gasteiger partial charge on any atom is 0.317 e. The number of hydrogen-bond donors (Lipinski definition) is 1. The second kappa shape index (κ2) is 7.88. The molecule has 6 nitrogen and oxygen atoms in total. The maximum atomic E-state index is 12.7. The van der Waals surface area contributed by atoms with E-state index in [2.05, 4.69) is 5.32 Å². The Balaban J connectivity index is 1.55. The topological polar surface area (TPSA) is 69.7 Å². The molecular weight excluding hydrogens is 350 g/mol. The van der Waals surface area contributed by atoms with Gasteiger partial charge < -0.3 is 10.2 Å². The Labute approximate surface area is 154 Å². The molecule has 0 saturated carbocycles. The second-order valence-electron chi connectivity index (χ2n) is 6.35. The number of carbonyl (C=O) groups excluding carboxylic acids is 1. The van der Waals surface area contributed by atoms with Crippen LogP contribution in [0.4, 0.5) is 4.79 Å². The molecule has 138 valence electrons. The number of sulfonamides is 1. The first kappa shape index (κ1) is 18.4. The monoisotopic (exact) mass is 373 g/mol. The third-order valence-electron chi connectivity index (χ3n) is 4.47. The SMILES string of the molecule is Cc1ccc(S(=O)(=O)N2CCN(C(=O)NCc3ccccc3)CC2)cc1. The van der Waals surface area contributed by atoms with Gasteiger partial charge in [-0.05, 0) is 24.6 Å². The van der Waals surface area contributed by atoms with Gasteiger partial charge in [-0.1, -0.05) is 48.0 Å². The summed E-state index contributed by atoms with van der Waals surface area (Å²) in [5.41, 5.74) is 2.05. The van der Waals surface area contributed by atoms with E-state index in [1.165, 1.54) is 4.31 Å². The number of nitrogens with one attached hydrogen (secondary N) is 1. The fourth-order valence-electron chi connectivity index (χ4n) is 2.88. The van der Waals surface area contributed by atoms with Crippen molar-refractivity contribution in [1.82, 2.24) is 14.5 Å². The van der Waals surface area contributed by atoms with E-state index in [0.717, 1.165) is 11.1 Å². The smallest absolute Gasteiger partial charge is 0.317 e. The number of nitrogens with zero attached hydrogens (tertiary/aromatic N) is 2. The first-order valence-corrected chi connectivity index (χ1v) is 10.0. The highest BCUT2D eigenvalue weighted by Crippen LogP contribution is 2.18. The Morgan fingerprint density at radius 3 is 2.19 bits per heavy atom. The molecule has 0 spiro atoms. The van der Waals surface area contributed by atoms with E-state index in [1.807, 2.05) is 37.3 Å². The van der Waals surface area contributed by atoms with Crippen LogP contribution in [0.5, 0.6) is 0 Å². The molecule has 1 fully saturated rings. The number of piperazine rings is 1. The van der Waals surface area contributed by atoms with Gasteiger partial charge in [-0.2, -0.15) is 4.31 Å². The van der Waals surface area contributed by atoms with Crippen molar-refractivity contribution in [1.29, 1.82) is 0 Å². The van der Waals surface area contributed by atoms with Crippen molar-refractivity contribution in [2.45, 2.75) is 18.4 Å². The van der Waals surface area contributed by atoms with Crippen LogP contribution in [0.1, 0.15) is 11.1 Å². The summed E-state index contributed by atoms with van der Waals surface area (Å²) in [4.78, 5) is 14.2. The second-order valence-corrected chi connectivity index (χ2v) is 8.29. The summed E-state index contributed by atoms with van der Waals surface area (Å²) in [5, 5.41) is 2.88. The van der Waals surface area contributed by atoms with E-state index in [-0.39, 0.29) is 6.03 Å². The van der Waals surface area contributed by atoms with Crippen LogP contribution in [0.2, 0.25) is 0 Å². The van der Waals surface area contributed by atoms with Gasteiger partial charge in [-0.15, -0.1) is 0 Å². The third-order valence-corrected chi connectivity index (χ3v) is 6.38. The average Bonchev–Trinajstić information content (AvgIpc) is 2.67. The highest BCUT2D eigenvalue weighted by molar-refractivity contribution is 7.89. The van der Waals surface area contributed by atoms with Crippen LogP contribution in [0.3, 0.4) is 0 Å². The van der Waals surface area contributed by atoms with Crippen molar-refractivity contribution in [2.75, 3.05) is 26.2 Å². The zero-order valence-corrected chi connectivity index (χ0v) is 15.6. The number of rotatable bonds is 4. The first-order valence-electron chi connectivity index (χ1n) is 8.60. The Hall–Kier alpha value is -2.38. The van der Waals surface area contributed by atoms with E-state index in [9.17, 15) is 13.2 Å². The van der Waals surface area contributed by atoms with Crippen LogP contribution in [0.15, 0.2) is 59.5 Å². The maximum absolute atomic E-state index is 12.7.